The minimum absolute atomic E-state index is 0.129. The van der Waals surface area contributed by atoms with Crippen LogP contribution in [-0.2, 0) is 14.8 Å². The molecule has 0 unspecified atom stereocenters. The first-order chi connectivity index (χ1) is 16.4. The van der Waals surface area contributed by atoms with E-state index in [0.29, 0.717) is 56.7 Å². The average molecular weight is 486 g/mol. The van der Waals surface area contributed by atoms with E-state index in [1.54, 1.807) is 12.1 Å². The molecule has 2 aliphatic rings. The maximum absolute atomic E-state index is 13.1. The van der Waals surface area contributed by atoms with E-state index in [-0.39, 0.29) is 23.4 Å². The third kappa shape index (κ3) is 4.61. The van der Waals surface area contributed by atoms with Crippen molar-refractivity contribution in [2.24, 2.45) is 0 Å². The molecule has 9 nitrogen and oxygen atoms in total. The summed E-state index contributed by atoms with van der Waals surface area (Å²) in [6.07, 6.45) is 0. The van der Waals surface area contributed by atoms with Crippen LogP contribution >= 0.6 is 0 Å². The first-order valence-electron chi connectivity index (χ1n) is 11.3. The van der Waals surface area contributed by atoms with Crippen molar-refractivity contribution in [3.8, 4) is 11.5 Å². The summed E-state index contributed by atoms with van der Waals surface area (Å²) in [4.78, 5) is 14.7. The van der Waals surface area contributed by atoms with Crippen molar-refractivity contribution in [3.05, 3.63) is 54.3 Å². The Labute approximate surface area is 198 Å². The fraction of sp³-hybridized carbons (Fsp3) is 0.375. The Hall–Kier alpha value is -3.08. The van der Waals surface area contributed by atoms with E-state index in [2.05, 4.69) is 5.32 Å². The van der Waals surface area contributed by atoms with Crippen LogP contribution in [-0.4, -0.2) is 69.5 Å². The first kappa shape index (κ1) is 22.7. The second kappa shape index (κ2) is 9.28. The van der Waals surface area contributed by atoms with Crippen molar-refractivity contribution in [1.29, 1.82) is 0 Å². The van der Waals surface area contributed by atoms with Gasteiger partial charge in [-0.3, -0.25) is 9.69 Å². The standard InChI is InChI=1S/C24H27N3O6S/c1-17(22-14-18-4-2-3-5-20(18)33-22)25-24(28)16-26-8-10-27(11-9-26)34(29,30)19-6-7-21-23(15-19)32-13-12-31-21/h2-7,14-15,17H,8-13,16H2,1H3,(H,25,28)/t17-/m0/s1. The molecule has 3 aromatic rings. The predicted molar refractivity (Wildman–Crippen MR) is 125 cm³/mol. The third-order valence-electron chi connectivity index (χ3n) is 6.10. The number of benzene rings is 2. The third-order valence-corrected chi connectivity index (χ3v) is 7.99. The molecule has 1 amide bonds. The molecule has 180 valence electrons. The number of nitrogens with one attached hydrogen (secondary N) is 1. The molecule has 34 heavy (non-hydrogen) atoms. The molecule has 2 aromatic carbocycles. The van der Waals surface area contributed by atoms with Gasteiger partial charge in [0.2, 0.25) is 15.9 Å². The molecule has 0 bridgehead atoms. The molecule has 1 N–H and O–H groups in total. The van der Waals surface area contributed by atoms with E-state index in [9.17, 15) is 13.2 Å². The molecule has 0 saturated carbocycles. The molecule has 0 spiro atoms. The molecular formula is C24H27N3O6S. The van der Waals surface area contributed by atoms with Gasteiger partial charge in [0.1, 0.15) is 24.6 Å². The molecule has 10 heteroatoms. The van der Waals surface area contributed by atoms with Gasteiger partial charge in [-0.2, -0.15) is 4.31 Å². The Kier molecular flexibility index (Phi) is 6.20. The van der Waals surface area contributed by atoms with Gasteiger partial charge in [-0.25, -0.2) is 8.42 Å². The van der Waals surface area contributed by atoms with Gasteiger partial charge in [-0.15, -0.1) is 0 Å². The van der Waals surface area contributed by atoms with E-state index in [1.807, 2.05) is 42.2 Å². The van der Waals surface area contributed by atoms with Gasteiger partial charge in [0.25, 0.3) is 0 Å². The lowest BCUT2D eigenvalue weighted by Gasteiger charge is -2.33. The van der Waals surface area contributed by atoms with Crippen molar-refractivity contribution in [1.82, 2.24) is 14.5 Å². The fourth-order valence-corrected chi connectivity index (χ4v) is 5.68. The quantitative estimate of drug-likeness (QED) is 0.572. The molecular weight excluding hydrogens is 458 g/mol. The zero-order valence-electron chi connectivity index (χ0n) is 18.9. The topological polar surface area (TPSA) is 101 Å². The van der Waals surface area contributed by atoms with Crippen LogP contribution in [0.15, 0.2) is 57.8 Å². The summed E-state index contributed by atoms with van der Waals surface area (Å²) in [7, 11) is -3.66. The number of rotatable bonds is 6. The molecule has 1 aromatic heterocycles. The molecule has 1 atom stereocenters. The van der Waals surface area contributed by atoms with Gasteiger partial charge < -0.3 is 19.2 Å². The van der Waals surface area contributed by atoms with Crippen LogP contribution in [0, 0.1) is 0 Å². The number of amides is 1. The van der Waals surface area contributed by atoms with Crippen molar-refractivity contribution >= 4 is 26.9 Å². The fourth-order valence-electron chi connectivity index (χ4n) is 4.24. The highest BCUT2D eigenvalue weighted by molar-refractivity contribution is 7.89. The number of carbonyl (C=O) groups is 1. The van der Waals surface area contributed by atoms with Gasteiger partial charge >= 0.3 is 0 Å². The first-order valence-corrected chi connectivity index (χ1v) is 12.7. The molecule has 1 saturated heterocycles. The lowest BCUT2D eigenvalue weighted by Crippen LogP contribution is -2.51. The van der Waals surface area contributed by atoms with Gasteiger partial charge in [0, 0.05) is 37.6 Å². The molecule has 0 radical (unpaired) electrons. The van der Waals surface area contributed by atoms with Crippen LogP contribution in [0.3, 0.4) is 0 Å². The largest absolute Gasteiger partial charge is 0.486 e. The highest BCUT2D eigenvalue weighted by Gasteiger charge is 2.30. The Bertz CT molecular complexity index is 1260. The second-order valence-corrected chi connectivity index (χ2v) is 10.4. The number of carbonyl (C=O) groups excluding carboxylic acids is 1. The summed E-state index contributed by atoms with van der Waals surface area (Å²) in [6, 6.07) is 14.1. The minimum atomic E-state index is -3.66. The van der Waals surface area contributed by atoms with E-state index >= 15 is 0 Å². The van der Waals surface area contributed by atoms with Crippen LogP contribution in [0.1, 0.15) is 18.7 Å². The zero-order valence-corrected chi connectivity index (χ0v) is 19.7. The van der Waals surface area contributed by atoms with E-state index in [0.717, 1.165) is 11.0 Å². The number of nitrogens with zero attached hydrogens (tertiary/aromatic N) is 2. The number of fused-ring (bicyclic) bond motifs is 2. The number of piperazine rings is 1. The van der Waals surface area contributed by atoms with Crippen LogP contribution in [0.2, 0.25) is 0 Å². The molecule has 1 fully saturated rings. The van der Waals surface area contributed by atoms with Crippen LogP contribution < -0.4 is 14.8 Å². The summed E-state index contributed by atoms with van der Waals surface area (Å²) >= 11 is 0. The lowest BCUT2D eigenvalue weighted by atomic mass is 10.2. The van der Waals surface area contributed by atoms with Crippen LogP contribution in [0.5, 0.6) is 11.5 Å². The Morgan fingerprint density at radius 1 is 1.00 bits per heavy atom. The number of hydrogen-bond donors (Lipinski definition) is 1. The average Bonchev–Trinajstić information content (AvgIpc) is 3.29. The number of hydrogen-bond acceptors (Lipinski definition) is 7. The van der Waals surface area contributed by atoms with Crippen molar-refractivity contribution in [2.75, 3.05) is 45.9 Å². The Morgan fingerprint density at radius 2 is 1.74 bits per heavy atom. The van der Waals surface area contributed by atoms with Crippen molar-refractivity contribution in [3.63, 3.8) is 0 Å². The van der Waals surface area contributed by atoms with Gasteiger partial charge in [0.05, 0.1) is 17.5 Å². The summed E-state index contributed by atoms with van der Waals surface area (Å²) in [5.41, 5.74) is 0.786. The maximum atomic E-state index is 13.1. The zero-order chi connectivity index (χ0) is 23.7. The van der Waals surface area contributed by atoms with Crippen molar-refractivity contribution < 1.29 is 27.1 Å². The summed E-state index contributed by atoms with van der Waals surface area (Å²) in [5.74, 6) is 1.57. The number of para-hydroxylation sites is 1. The van der Waals surface area contributed by atoms with Crippen LogP contribution in [0.4, 0.5) is 0 Å². The summed E-state index contributed by atoms with van der Waals surface area (Å²) in [6.45, 7) is 4.48. The van der Waals surface area contributed by atoms with Gasteiger partial charge in [-0.1, -0.05) is 18.2 Å². The van der Waals surface area contributed by atoms with Gasteiger partial charge in [0.15, 0.2) is 11.5 Å². The lowest BCUT2D eigenvalue weighted by molar-refractivity contribution is -0.123. The predicted octanol–water partition coefficient (Wildman–Crippen LogP) is 2.39. The van der Waals surface area contributed by atoms with E-state index < -0.39 is 10.0 Å². The van der Waals surface area contributed by atoms with E-state index in [1.165, 1.54) is 10.4 Å². The highest BCUT2D eigenvalue weighted by Crippen LogP contribution is 2.33. The molecule has 3 heterocycles. The summed E-state index contributed by atoms with van der Waals surface area (Å²) in [5, 5.41) is 3.96. The van der Waals surface area contributed by atoms with Crippen LogP contribution in [0.25, 0.3) is 11.0 Å². The summed E-state index contributed by atoms with van der Waals surface area (Å²) < 4.78 is 44.5. The second-order valence-electron chi connectivity index (χ2n) is 8.46. The maximum Gasteiger partial charge on any atom is 0.243 e. The normalized spacial score (nSPS) is 18.0. The Balaban J connectivity index is 1.15. The molecule has 5 rings (SSSR count). The monoisotopic (exact) mass is 485 g/mol. The number of furan rings is 1. The number of ether oxygens (including phenoxy) is 2. The SMILES string of the molecule is C[C@H](NC(=O)CN1CCN(S(=O)(=O)c2ccc3c(c2)OCCO3)CC1)c1cc2ccccc2o1. The Morgan fingerprint density at radius 3 is 2.50 bits per heavy atom. The van der Waals surface area contributed by atoms with Crippen molar-refractivity contribution in [2.45, 2.75) is 17.9 Å². The molecule has 2 aliphatic heterocycles. The molecule has 0 aliphatic carbocycles. The highest BCUT2D eigenvalue weighted by atomic mass is 32.2. The smallest absolute Gasteiger partial charge is 0.243 e. The van der Waals surface area contributed by atoms with Gasteiger partial charge in [-0.05, 0) is 31.2 Å². The minimum Gasteiger partial charge on any atom is -0.486 e. The number of sulfonamides is 1. The van der Waals surface area contributed by atoms with E-state index in [4.69, 9.17) is 13.9 Å².